The van der Waals surface area contributed by atoms with Crippen molar-refractivity contribution in [2.45, 2.75) is 82.1 Å². The van der Waals surface area contributed by atoms with Crippen LogP contribution in [0.1, 0.15) is 63.3 Å². The molecule has 1 aromatic heterocycles. The van der Waals surface area contributed by atoms with Crippen LogP contribution in [0.5, 0.6) is 0 Å². The lowest BCUT2D eigenvalue weighted by Crippen LogP contribution is -2.73. The van der Waals surface area contributed by atoms with Gasteiger partial charge in [-0.3, -0.25) is 15.0 Å². The highest BCUT2D eigenvalue weighted by Crippen LogP contribution is 2.47. The Labute approximate surface area is 180 Å². The standard InChI is InChI=1S/C20H30N6O3S/c1-11(2)17-24-25-19(30-17)21-15(27)10-26-12-5-6-13(26)9-20(8-12)14-4-3-7-29-16(14)22-18(28)23-20/h11-14,16H,3-10H2,1-2H3,(H,21,25,27)(H2,22,23,28)/t12?,13?,14-,16+,20?/m1/s1. The number of carbonyl (C=O) groups is 2. The Bertz CT molecular complexity index is 815. The highest BCUT2D eigenvalue weighted by molar-refractivity contribution is 7.15. The highest BCUT2D eigenvalue weighted by atomic mass is 32.1. The minimum Gasteiger partial charge on any atom is -0.358 e. The van der Waals surface area contributed by atoms with Crippen LogP contribution in [-0.2, 0) is 9.53 Å². The zero-order chi connectivity index (χ0) is 20.9. The summed E-state index contributed by atoms with van der Waals surface area (Å²) in [5.74, 6) is 0.552. The van der Waals surface area contributed by atoms with Gasteiger partial charge in [-0.1, -0.05) is 25.2 Å². The van der Waals surface area contributed by atoms with Gasteiger partial charge < -0.3 is 15.4 Å². The molecular weight excluding hydrogens is 404 g/mol. The van der Waals surface area contributed by atoms with E-state index in [0.29, 0.717) is 42.2 Å². The summed E-state index contributed by atoms with van der Waals surface area (Å²) < 4.78 is 5.89. The fourth-order valence-corrected chi connectivity index (χ4v) is 6.62. The molecule has 4 aliphatic heterocycles. The SMILES string of the molecule is CC(C)c1nnc(NC(=O)CN2C3CCC2CC2(C3)NC(=O)N[C@H]3OCCC[C@H]32)s1. The van der Waals surface area contributed by atoms with Crippen molar-refractivity contribution in [1.29, 1.82) is 0 Å². The number of nitrogens with zero attached hydrogens (tertiary/aromatic N) is 3. The molecular formula is C20H30N6O3S. The van der Waals surface area contributed by atoms with Gasteiger partial charge in [0.2, 0.25) is 11.0 Å². The van der Waals surface area contributed by atoms with Gasteiger partial charge >= 0.3 is 6.03 Å². The predicted octanol–water partition coefficient (Wildman–Crippen LogP) is 2.03. The van der Waals surface area contributed by atoms with Crippen LogP contribution in [0.3, 0.4) is 0 Å². The molecule has 9 nitrogen and oxygen atoms in total. The zero-order valence-electron chi connectivity index (χ0n) is 17.5. The molecule has 3 N–H and O–H groups in total. The maximum atomic E-state index is 12.7. The molecule has 2 bridgehead atoms. The lowest BCUT2D eigenvalue weighted by molar-refractivity contribution is -0.122. The summed E-state index contributed by atoms with van der Waals surface area (Å²) in [6, 6.07) is 0.480. The summed E-state index contributed by atoms with van der Waals surface area (Å²) in [6.07, 6.45) is 5.80. The lowest BCUT2D eigenvalue weighted by Gasteiger charge is -2.55. The van der Waals surface area contributed by atoms with Gasteiger partial charge in [0.15, 0.2) is 0 Å². The van der Waals surface area contributed by atoms with E-state index in [1.54, 1.807) is 0 Å². The van der Waals surface area contributed by atoms with Crippen LogP contribution in [0.4, 0.5) is 9.93 Å². The third-order valence-electron chi connectivity index (χ3n) is 7.15. The molecule has 5 rings (SSSR count). The third-order valence-corrected chi connectivity index (χ3v) is 8.29. The fraction of sp³-hybridized carbons (Fsp3) is 0.800. The zero-order valence-corrected chi connectivity index (χ0v) is 18.3. The van der Waals surface area contributed by atoms with Crippen LogP contribution in [0.25, 0.3) is 0 Å². The fourth-order valence-electron chi connectivity index (χ4n) is 5.86. The Hall–Kier alpha value is -1.78. The smallest absolute Gasteiger partial charge is 0.317 e. The number of amides is 3. The van der Waals surface area contributed by atoms with Crippen LogP contribution < -0.4 is 16.0 Å². The number of urea groups is 1. The molecule has 0 radical (unpaired) electrons. The molecule has 0 saturated carbocycles. The largest absolute Gasteiger partial charge is 0.358 e. The van der Waals surface area contributed by atoms with Crippen LogP contribution in [-0.4, -0.2) is 64.0 Å². The van der Waals surface area contributed by atoms with E-state index >= 15 is 0 Å². The van der Waals surface area contributed by atoms with Gasteiger partial charge in [-0.15, -0.1) is 10.2 Å². The number of aromatic nitrogens is 2. The van der Waals surface area contributed by atoms with Gasteiger partial charge in [0, 0.05) is 30.5 Å². The Morgan fingerprint density at radius 3 is 2.77 bits per heavy atom. The first-order valence-corrected chi connectivity index (χ1v) is 11.8. The molecule has 3 amide bonds. The van der Waals surface area contributed by atoms with E-state index in [1.807, 2.05) is 0 Å². The first-order chi connectivity index (χ1) is 14.4. The van der Waals surface area contributed by atoms with Gasteiger partial charge in [-0.25, -0.2) is 4.79 Å². The van der Waals surface area contributed by atoms with Crippen molar-refractivity contribution in [2.24, 2.45) is 5.92 Å². The maximum absolute atomic E-state index is 12.7. The van der Waals surface area contributed by atoms with Crippen molar-refractivity contribution in [2.75, 3.05) is 18.5 Å². The number of hydrogen-bond donors (Lipinski definition) is 3. The Balaban J connectivity index is 1.26. The molecule has 164 valence electrons. The molecule has 4 fully saturated rings. The summed E-state index contributed by atoms with van der Waals surface area (Å²) >= 11 is 1.44. The van der Waals surface area contributed by atoms with E-state index in [9.17, 15) is 9.59 Å². The van der Waals surface area contributed by atoms with Crippen LogP contribution in [0, 0.1) is 5.92 Å². The number of carbonyl (C=O) groups excluding carboxylic acids is 2. The van der Waals surface area contributed by atoms with Crippen LogP contribution in [0.15, 0.2) is 0 Å². The van der Waals surface area contributed by atoms with Crippen molar-refractivity contribution >= 4 is 28.4 Å². The molecule has 2 unspecified atom stereocenters. The summed E-state index contributed by atoms with van der Waals surface area (Å²) in [5.41, 5.74) is -0.225. The topological polar surface area (TPSA) is 108 Å². The van der Waals surface area contributed by atoms with Crippen molar-refractivity contribution in [3.05, 3.63) is 5.01 Å². The van der Waals surface area contributed by atoms with Crippen molar-refractivity contribution in [1.82, 2.24) is 25.7 Å². The minimum absolute atomic E-state index is 0.0393. The van der Waals surface area contributed by atoms with E-state index < -0.39 is 0 Å². The molecule has 4 aliphatic rings. The second kappa shape index (κ2) is 7.72. The monoisotopic (exact) mass is 434 g/mol. The number of fused-ring (bicyclic) bond motifs is 4. The van der Waals surface area contributed by atoms with Gasteiger partial charge in [0.1, 0.15) is 11.2 Å². The lowest BCUT2D eigenvalue weighted by atomic mass is 9.69. The average molecular weight is 435 g/mol. The third kappa shape index (κ3) is 3.58. The molecule has 30 heavy (non-hydrogen) atoms. The van der Waals surface area contributed by atoms with Crippen molar-refractivity contribution in [3.8, 4) is 0 Å². The number of piperidine rings is 1. The molecule has 1 aromatic rings. The Morgan fingerprint density at radius 1 is 1.30 bits per heavy atom. The molecule has 1 spiro atoms. The number of rotatable bonds is 4. The van der Waals surface area contributed by atoms with Gasteiger partial charge in [-0.2, -0.15) is 0 Å². The molecule has 0 aliphatic carbocycles. The highest BCUT2D eigenvalue weighted by Gasteiger charge is 2.57. The first-order valence-electron chi connectivity index (χ1n) is 11.0. The van der Waals surface area contributed by atoms with Crippen LogP contribution in [0.2, 0.25) is 0 Å². The molecule has 10 heteroatoms. The Morgan fingerprint density at radius 2 is 2.07 bits per heavy atom. The molecule has 5 heterocycles. The van der Waals surface area contributed by atoms with Gasteiger partial charge in [0.05, 0.1) is 12.1 Å². The predicted molar refractivity (Wildman–Crippen MR) is 112 cm³/mol. The van der Waals surface area contributed by atoms with Crippen molar-refractivity contribution in [3.63, 3.8) is 0 Å². The van der Waals surface area contributed by atoms with E-state index in [2.05, 4.69) is 44.9 Å². The van der Waals surface area contributed by atoms with Crippen LogP contribution >= 0.6 is 11.3 Å². The summed E-state index contributed by atoms with van der Waals surface area (Å²) in [7, 11) is 0. The second-order valence-corrected chi connectivity index (χ2v) is 10.4. The quantitative estimate of drug-likeness (QED) is 0.669. The van der Waals surface area contributed by atoms with E-state index in [0.717, 1.165) is 43.5 Å². The number of hydrogen-bond acceptors (Lipinski definition) is 7. The number of nitrogens with one attached hydrogen (secondary N) is 3. The number of anilines is 1. The van der Waals surface area contributed by atoms with Crippen molar-refractivity contribution < 1.29 is 14.3 Å². The van der Waals surface area contributed by atoms with Gasteiger partial charge in [0.25, 0.3) is 0 Å². The van der Waals surface area contributed by atoms with E-state index in [1.165, 1.54) is 11.3 Å². The average Bonchev–Trinajstić information content (AvgIpc) is 3.25. The molecule has 4 atom stereocenters. The van der Waals surface area contributed by atoms with E-state index in [4.69, 9.17) is 4.74 Å². The molecule has 4 saturated heterocycles. The van der Waals surface area contributed by atoms with E-state index in [-0.39, 0.29) is 23.7 Å². The first kappa shape index (κ1) is 20.1. The van der Waals surface area contributed by atoms with Gasteiger partial charge in [-0.05, 0) is 38.5 Å². The normalized spacial score (nSPS) is 35.8. The summed E-state index contributed by atoms with van der Waals surface area (Å²) in [4.78, 5) is 27.4. The Kier molecular flexibility index (Phi) is 5.19. The molecule has 0 aromatic carbocycles. The second-order valence-electron chi connectivity index (χ2n) is 9.41. The summed E-state index contributed by atoms with van der Waals surface area (Å²) in [5, 5.41) is 18.9. The number of ether oxygens (including phenoxy) is 1. The minimum atomic E-state index is -0.225. The summed E-state index contributed by atoms with van der Waals surface area (Å²) in [6.45, 7) is 5.20. The maximum Gasteiger partial charge on any atom is 0.317 e.